The number of nitrogens with one attached hydrogen (secondary N) is 1. The minimum Gasteiger partial charge on any atom is -0.324 e. The second-order valence-corrected chi connectivity index (χ2v) is 9.08. The number of hydrogen-bond donors (Lipinski definition) is 1. The van der Waals surface area contributed by atoms with Crippen molar-refractivity contribution in [3.63, 3.8) is 0 Å². The quantitative estimate of drug-likeness (QED) is 0.642. The predicted molar refractivity (Wildman–Crippen MR) is 103 cm³/mol. The molecule has 29 heavy (non-hydrogen) atoms. The number of benzene rings is 2. The summed E-state index contributed by atoms with van der Waals surface area (Å²) in [5, 5.41) is 2.57. The van der Waals surface area contributed by atoms with Crippen LogP contribution >= 0.6 is 0 Å². The summed E-state index contributed by atoms with van der Waals surface area (Å²) in [5.74, 6) is -2.79. The van der Waals surface area contributed by atoms with Gasteiger partial charge in [-0.3, -0.25) is 0 Å². The standard InChI is InChI=1S/C20H16F3N3O2S/c21-13-5-8-15(16(22)9-13)19-17(23)10-24-20(26-19)25-18-4-2-1-3-12(18)11-29(27,28)14-6-7-14/h1-5,8-10,14H,6-7,11H2,(H,24,25,26). The SMILES string of the molecule is O=S(=O)(Cc1ccccc1Nc1ncc(F)c(-c2ccc(F)cc2F)n1)C1CC1. The number of hydrogen-bond acceptors (Lipinski definition) is 5. The second-order valence-electron chi connectivity index (χ2n) is 6.80. The van der Waals surface area contributed by atoms with Crippen molar-refractivity contribution < 1.29 is 21.6 Å². The van der Waals surface area contributed by atoms with Crippen LogP contribution in [-0.4, -0.2) is 23.6 Å². The van der Waals surface area contributed by atoms with Crippen LogP contribution in [0.25, 0.3) is 11.3 Å². The highest BCUT2D eigenvalue weighted by atomic mass is 32.2. The number of sulfone groups is 1. The summed E-state index contributed by atoms with van der Waals surface area (Å²) in [6.07, 6.45) is 2.22. The van der Waals surface area contributed by atoms with E-state index >= 15 is 0 Å². The highest BCUT2D eigenvalue weighted by molar-refractivity contribution is 7.91. The van der Waals surface area contributed by atoms with Gasteiger partial charge in [-0.25, -0.2) is 31.6 Å². The van der Waals surface area contributed by atoms with E-state index in [9.17, 15) is 21.6 Å². The summed E-state index contributed by atoms with van der Waals surface area (Å²) < 4.78 is 66.0. The molecular weight excluding hydrogens is 403 g/mol. The number of rotatable bonds is 6. The van der Waals surface area contributed by atoms with Gasteiger partial charge in [0.25, 0.3) is 0 Å². The normalized spacial score (nSPS) is 14.0. The van der Waals surface area contributed by atoms with Crippen LogP contribution in [-0.2, 0) is 15.6 Å². The zero-order valence-electron chi connectivity index (χ0n) is 15.1. The van der Waals surface area contributed by atoms with E-state index in [0.29, 0.717) is 30.2 Å². The van der Waals surface area contributed by atoms with E-state index in [2.05, 4.69) is 15.3 Å². The Hall–Kier alpha value is -2.94. The van der Waals surface area contributed by atoms with Crippen LogP contribution in [0, 0.1) is 17.5 Å². The lowest BCUT2D eigenvalue weighted by atomic mass is 10.1. The van der Waals surface area contributed by atoms with Crippen molar-refractivity contribution in [2.24, 2.45) is 0 Å². The molecule has 1 fully saturated rings. The molecule has 0 spiro atoms. The Morgan fingerprint density at radius 2 is 1.79 bits per heavy atom. The van der Waals surface area contributed by atoms with Gasteiger partial charge in [0.05, 0.1) is 17.2 Å². The molecule has 1 aliphatic rings. The maximum absolute atomic E-state index is 14.2. The fourth-order valence-electron chi connectivity index (χ4n) is 2.95. The first-order chi connectivity index (χ1) is 13.8. The van der Waals surface area contributed by atoms with Gasteiger partial charge in [-0.15, -0.1) is 0 Å². The van der Waals surface area contributed by atoms with Crippen LogP contribution in [0.3, 0.4) is 0 Å². The molecule has 5 nitrogen and oxygen atoms in total. The molecule has 0 unspecified atom stereocenters. The lowest BCUT2D eigenvalue weighted by molar-refractivity contribution is 0.580. The molecule has 0 saturated heterocycles. The summed E-state index contributed by atoms with van der Waals surface area (Å²) in [4.78, 5) is 7.85. The van der Waals surface area contributed by atoms with Gasteiger partial charge in [-0.05, 0) is 36.6 Å². The van der Waals surface area contributed by atoms with E-state index < -0.39 is 27.3 Å². The van der Waals surface area contributed by atoms with Crippen molar-refractivity contribution in [1.82, 2.24) is 9.97 Å². The number of anilines is 2. The lowest BCUT2D eigenvalue weighted by Gasteiger charge is -2.12. The highest BCUT2D eigenvalue weighted by Crippen LogP contribution is 2.33. The van der Waals surface area contributed by atoms with Crippen LogP contribution < -0.4 is 5.32 Å². The minimum absolute atomic E-state index is 0.0404. The molecule has 3 aromatic rings. The molecule has 1 saturated carbocycles. The Bertz CT molecular complexity index is 1180. The number of para-hydroxylation sites is 1. The zero-order chi connectivity index (χ0) is 20.6. The number of halogens is 3. The van der Waals surface area contributed by atoms with Gasteiger partial charge < -0.3 is 5.32 Å². The molecule has 0 amide bonds. The highest BCUT2D eigenvalue weighted by Gasteiger charge is 2.35. The Labute approximate surface area is 165 Å². The minimum atomic E-state index is -3.25. The second kappa shape index (κ2) is 7.47. The van der Waals surface area contributed by atoms with Crippen molar-refractivity contribution >= 4 is 21.5 Å². The fourth-order valence-corrected chi connectivity index (χ4v) is 4.72. The third-order valence-electron chi connectivity index (χ3n) is 4.58. The number of aromatic nitrogens is 2. The molecule has 150 valence electrons. The topological polar surface area (TPSA) is 72.0 Å². The largest absolute Gasteiger partial charge is 0.324 e. The average molecular weight is 419 g/mol. The smallest absolute Gasteiger partial charge is 0.227 e. The number of nitrogens with zero attached hydrogens (tertiary/aromatic N) is 2. The molecule has 2 aromatic carbocycles. The summed E-state index contributed by atoms with van der Waals surface area (Å²) in [6.45, 7) is 0. The summed E-state index contributed by atoms with van der Waals surface area (Å²) in [5.41, 5.74) is 0.442. The first-order valence-corrected chi connectivity index (χ1v) is 10.6. The first kappa shape index (κ1) is 19.4. The monoisotopic (exact) mass is 419 g/mol. The Balaban J connectivity index is 1.66. The lowest BCUT2D eigenvalue weighted by Crippen LogP contribution is -2.11. The molecule has 0 radical (unpaired) electrons. The molecule has 1 heterocycles. The average Bonchev–Trinajstić information content (AvgIpc) is 3.51. The van der Waals surface area contributed by atoms with Gasteiger partial charge in [-0.2, -0.15) is 0 Å². The van der Waals surface area contributed by atoms with Crippen LogP contribution in [0.15, 0.2) is 48.7 Å². The molecule has 0 atom stereocenters. The van der Waals surface area contributed by atoms with E-state index in [0.717, 1.165) is 18.3 Å². The third-order valence-corrected chi connectivity index (χ3v) is 6.78. The maximum atomic E-state index is 14.2. The molecule has 1 aliphatic carbocycles. The maximum Gasteiger partial charge on any atom is 0.227 e. The van der Waals surface area contributed by atoms with Crippen molar-refractivity contribution in [3.05, 3.63) is 71.7 Å². The molecule has 1 N–H and O–H groups in total. The van der Waals surface area contributed by atoms with Crippen LogP contribution in [0.4, 0.5) is 24.8 Å². The summed E-state index contributed by atoms with van der Waals surface area (Å²) in [6, 6.07) is 9.49. The predicted octanol–water partition coefficient (Wildman–Crippen LogP) is 4.38. The van der Waals surface area contributed by atoms with Gasteiger partial charge in [0.15, 0.2) is 15.7 Å². The van der Waals surface area contributed by atoms with Gasteiger partial charge in [0, 0.05) is 17.3 Å². The van der Waals surface area contributed by atoms with Gasteiger partial charge in [0.2, 0.25) is 5.95 Å². The van der Waals surface area contributed by atoms with Crippen molar-refractivity contribution in [1.29, 1.82) is 0 Å². The van der Waals surface area contributed by atoms with E-state index in [1.54, 1.807) is 24.3 Å². The van der Waals surface area contributed by atoms with E-state index in [4.69, 9.17) is 0 Å². The van der Waals surface area contributed by atoms with Crippen LogP contribution in [0.2, 0.25) is 0 Å². The molecule has 1 aromatic heterocycles. The van der Waals surface area contributed by atoms with Gasteiger partial charge in [-0.1, -0.05) is 18.2 Å². The van der Waals surface area contributed by atoms with Gasteiger partial charge >= 0.3 is 0 Å². The molecule has 0 aliphatic heterocycles. The van der Waals surface area contributed by atoms with E-state index in [-0.39, 0.29) is 28.2 Å². The zero-order valence-corrected chi connectivity index (χ0v) is 15.9. The van der Waals surface area contributed by atoms with Crippen molar-refractivity contribution in [2.45, 2.75) is 23.8 Å². The van der Waals surface area contributed by atoms with Crippen molar-refractivity contribution in [3.8, 4) is 11.3 Å². The fraction of sp³-hybridized carbons (Fsp3) is 0.200. The van der Waals surface area contributed by atoms with Crippen LogP contribution in [0.1, 0.15) is 18.4 Å². The third kappa shape index (κ3) is 4.24. The van der Waals surface area contributed by atoms with Gasteiger partial charge in [0.1, 0.15) is 17.3 Å². The van der Waals surface area contributed by atoms with Crippen LogP contribution in [0.5, 0.6) is 0 Å². The molecule has 9 heteroatoms. The van der Waals surface area contributed by atoms with E-state index in [1.807, 2.05) is 0 Å². The Morgan fingerprint density at radius 3 is 2.52 bits per heavy atom. The summed E-state index contributed by atoms with van der Waals surface area (Å²) in [7, 11) is -3.25. The molecule has 0 bridgehead atoms. The Kier molecular flexibility index (Phi) is 4.99. The Morgan fingerprint density at radius 1 is 1.03 bits per heavy atom. The molecular formula is C20H16F3N3O2S. The molecule has 4 rings (SSSR count). The first-order valence-electron chi connectivity index (χ1n) is 8.88. The summed E-state index contributed by atoms with van der Waals surface area (Å²) >= 11 is 0. The van der Waals surface area contributed by atoms with Crippen molar-refractivity contribution in [2.75, 3.05) is 5.32 Å². The van der Waals surface area contributed by atoms with E-state index in [1.165, 1.54) is 0 Å².